The molecule has 0 saturated carbocycles. The Hall–Kier alpha value is -3.07. The highest BCUT2D eigenvalue weighted by Gasteiger charge is 2.32. The number of fused-ring (bicyclic) bond motifs is 2. The van der Waals surface area contributed by atoms with Gasteiger partial charge in [-0.2, -0.15) is 13.2 Å². The van der Waals surface area contributed by atoms with Crippen LogP contribution in [-0.4, -0.2) is 32.0 Å². The predicted octanol–water partition coefficient (Wildman–Crippen LogP) is 4.17. The van der Waals surface area contributed by atoms with Crippen molar-refractivity contribution in [2.24, 2.45) is 0 Å². The standard InChI is InChI=1S/C20H17ClF3N5O/c21-15-9-13(20(22,23)24)11-29-17(27-28-19(15)29)7-8-25-18(30)6-5-12-10-26-16-4-2-1-3-14(12)16/h1-4,9-11,26H,5-8H2,(H,25,30). The van der Waals surface area contributed by atoms with Gasteiger partial charge in [0.1, 0.15) is 5.82 Å². The van der Waals surface area contributed by atoms with Gasteiger partial charge in [-0.3, -0.25) is 9.20 Å². The van der Waals surface area contributed by atoms with Crippen LogP contribution in [0.4, 0.5) is 13.2 Å². The highest BCUT2D eigenvalue weighted by Crippen LogP contribution is 2.32. The molecule has 0 aliphatic rings. The maximum absolute atomic E-state index is 13.0. The molecule has 3 heterocycles. The lowest BCUT2D eigenvalue weighted by Crippen LogP contribution is -2.26. The number of pyridine rings is 1. The summed E-state index contributed by atoms with van der Waals surface area (Å²) < 4.78 is 40.3. The maximum Gasteiger partial charge on any atom is 0.417 e. The van der Waals surface area contributed by atoms with Crippen molar-refractivity contribution in [2.75, 3.05) is 6.54 Å². The second kappa shape index (κ2) is 7.98. The molecule has 0 saturated heterocycles. The Labute approximate surface area is 174 Å². The number of aryl methyl sites for hydroxylation is 1. The fourth-order valence-corrected chi connectivity index (χ4v) is 3.56. The van der Waals surface area contributed by atoms with Gasteiger partial charge in [0.2, 0.25) is 5.91 Å². The number of para-hydroxylation sites is 1. The number of halogens is 4. The highest BCUT2D eigenvalue weighted by atomic mass is 35.5. The van der Waals surface area contributed by atoms with Crippen LogP contribution in [-0.2, 0) is 23.8 Å². The molecule has 0 atom stereocenters. The van der Waals surface area contributed by atoms with Gasteiger partial charge in [-0.25, -0.2) is 0 Å². The molecule has 2 N–H and O–H groups in total. The van der Waals surface area contributed by atoms with Gasteiger partial charge < -0.3 is 10.3 Å². The second-order valence-electron chi connectivity index (χ2n) is 6.84. The van der Waals surface area contributed by atoms with E-state index in [9.17, 15) is 18.0 Å². The van der Waals surface area contributed by atoms with Gasteiger partial charge in [0.25, 0.3) is 0 Å². The monoisotopic (exact) mass is 435 g/mol. The van der Waals surface area contributed by atoms with E-state index in [0.29, 0.717) is 12.8 Å². The smallest absolute Gasteiger partial charge is 0.361 e. The van der Waals surface area contributed by atoms with Crippen LogP contribution in [0.3, 0.4) is 0 Å². The fourth-order valence-electron chi connectivity index (χ4n) is 3.31. The number of amides is 1. The van der Waals surface area contributed by atoms with E-state index >= 15 is 0 Å². The second-order valence-corrected chi connectivity index (χ2v) is 7.25. The van der Waals surface area contributed by atoms with Gasteiger partial charge in [-0.05, 0) is 24.1 Å². The van der Waals surface area contributed by atoms with E-state index in [1.54, 1.807) is 0 Å². The maximum atomic E-state index is 13.0. The molecule has 3 aromatic heterocycles. The summed E-state index contributed by atoms with van der Waals surface area (Å²) in [5, 5.41) is 11.5. The van der Waals surface area contributed by atoms with Crippen molar-refractivity contribution in [3.63, 3.8) is 0 Å². The first-order valence-corrected chi connectivity index (χ1v) is 9.63. The molecule has 1 amide bonds. The average molecular weight is 436 g/mol. The van der Waals surface area contributed by atoms with Crippen molar-refractivity contribution in [1.29, 1.82) is 0 Å². The summed E-state index contributed by atoms with van der Waals surface area (Å²) in [5.74, 6) is 0.137. The molecule has 0 radical (unpaired) electrons. The molecule has 0 unspecified atom stereocenters. The number of benzene rings is 1. The fraction of sp³-hybridized carbons (Fsp3) is 0.250. The molecule has 0 aliphatic heterocycles. The topological polar surface area (TPSA) is 75.1 Å². The van der Waals surface area contributed by atoms with E-state index in [0.717, 1.165) is 28.7 Å². The van der Waals surface area contributed by atoms with Gasteiger partial charge in [0.15, 0.2) is 5.65 Å². The molecule has 4 aromatic rings. The third-order valence-corrected chi connectivity index (χ3v) is 5.10. The van der Waals surface area contributed by atoms with Crippen LogP contribution in [0.1, 0.15) is 23.4 Å². The number of aromatic nitrogens is 4. The van der Waals surface area contributed by atoms with E-state index in [-0.39, 0.29) is 35.4 Å². The summed E-state index contributed by atoms with van der Waals surface area (Å²) in [5.41, 5.74) is 1.33. The quantitative estimate of drug-likeness (QED) is 0.477. The third kappa shape index (κ3) is 4.11. The number of nitrogens with zero attached hydrogens (tertiary/aromatic N) is 3. The molecule has 1 aromatic carbocycles. The molecule has 0 spiro atoms. The molecule has 156 valence electrons. The van der Waals surface area contributed by atoms with Crippen molar-refractivity contribution < 1.29 is 18.0 Å². The van der Waals surface area contributed by atoms with Crippen LogP contribution in [0, 0.1) is 0 Å². The number of alkyl halides is 3. The molecule has 4 rings (SSSR count). The minimum Gasteiger partial charge on any atom is -0.361 e. The predicted molar refractivity (Wildman–Crippen MR) is 106 cm³/mol. The molecule has 0 bridgehead atoms. The van der Waals surface area contributed by atoms with Crippen molar-refractivity contribution in [1.82, 2.24) is 24.9 Å². The molecule has 0 fully saturated rings. The first-order chi connectivity index (χ1) is 14.3. The summed E-state index contributed by atoms with van der Waals surface area (Å²) >= 11 is 5.90. The minimum absolute atomic E-state index is 0.133. The van der Waals surface area contributed by atoms with Crippen LogP contribution in [0.15, 0.2) is 42.7 Å². The Kier molecular flexibility index (Phi) is 5.38. The summed E-state index contributed by atoms with van der Waals surface area (Å²) in [7, 11) is 0. The SMILES string of the molecule is O=C(CCc1c[nH]c2ccccc12)NCCc1nnc2c(Cl)cc(C(F)(F)F)cn12. The van der Waals surface area contributed by atoms with E-state index in [4.69, 9.17) is 11.6 Å². The third-order valence-electron chi connectivity index (χ3n) is 4.82. The van der Waals surface area contributed by atoms with E-state index in [1.807, 2.05) is 30.5 Å². The van der Waals surface area contributed by atoms with Crippen molar-refractivity contribution in [2.45, 2.75) is 25.4 Å². The lowest BCUT2D eigenvalue weighted by molar-refractivity contribution is -0.137. The van der Waals surface area contributed by atoms with Crippen molar-refractivity contribution in [3.8, 4) is 0 Å². The number of H-pyrrole nitrogens is 1. The molecule has 30 heavy (non-hydrogen) atoms. The average Bonchev–Trinajstić information content (AvgIpc) is 3.30. The Balaban J connectivity index is 1.36. The Bertz CT molecular complexity index is 1210. The normalized spacial score (nSPS) is 12.0. The molecule has 6 nitrogen and oxygen atoms in total. The molecular weight excluding hydrogens is 419 g/mol. The number of hydrogen-bond donors (Lipinski definition) is 2. The number of nitrogens with one attached hydrogen (secondary N) is 2. The van der Waals surface area contributed by atoms with Crippen LogP contribution < -0.4 is 5.32 Å². The molecular formula is C20H17ClF3N5O. The zero-order valence-corrected chi connectivity index (χ0v) is 16.4. The lowest BCUT2D eigenvalue weighted by atomic mass is 10.1. The van der Waals surface area contributed by atoms with Gasteiger partial charge in [0.05, 0.1) is 10.6 Å². The number of carbonyl (C=O) groups excluding carboxylic acids is 1. The van der Waals surface area contributed by atoms with Crippen molar-refractivity contribution >= 4 is 34.1 Å². The first-order valence-electron chi connectivity index (χ1n) is 9.25. The molecule has 0 aliphatic carbocycles. The number of aromatic amines is 1. The Morgan fingerprint density at radius 3 is 2.80 bits per heavy atom. The largest absolute Gasteiger partial charge is 0.417 e. The summed E-state index contributed by atoms with van der Waals surface area (Å²) in [6.07, 6.45) is -0.633. The Morgan fingerprint density at radius 1 is 1.20 bits per heavy atom. The van der Waals surface area contributed by atoms with E-state index in [2.05, 4.69) is 20.5 Å². The summed E-state index contributed by atoms with van der Waals surface area (Å²) in [6, 6.07) is 8.67. The van der Waals surface area contributed by atoms with Gasteiger partial charge >= 0.3 is 6.18 Å². The van der Waals surface area contributed by atoms with Crippen LogP contribution in [0.2, 0.25) is 5.02 Å². The van der Waals surface area contributed by atoms with E-state index in [1.165, 1.54) is 4.40 Å². The number of carbonyl (C=O) groups is 1. The van der Waals surface area contributed by atoms with Gasteiger partial charge in [0, 0.05) is 42.7 Å². The number of hydrogen-bond acceptors (Lipinski definition) is 3. The van der Waals surface area contributed by atoms with Gasteiger partial charge in [-0.15, -0.1) is 10.2 Å². The van der Waals surface area contributed by atoms with E-state index < -0.39 is 11.7 Å². The molecule has 10 heteroatoms. The lowest BCUT2D eigenvalue weighted by Gasteiger charge is -2.09. The highest BCUT2D eigenvalue weighted by molar-refractivity contribution is 6.33. The van der Waals surface area contributed by atoms with Crippen LogP contribution >= 0.6 is 11.6 Å². The summed E-state index contributed by atoms with van der Waals surface area (Å²) in [4.78, 5) is 15.3. The van der Waals surface area contributed by atoms with Gasteiger partial charge in [-0.1, -0.05) is 29.8 Å². The zero-order valence-electron chi connectivity index (χ0n) is 15.6. The van der Waals surface area contributed by atoms with Crippen LogP contribution in [0.25, 0.3) is 16.6 Å². The van der Waals surface area contributed by atoms with Crippen LogP contribution in [0.5, 0.6) is 0 Å². The summed E-state index contributed by atoms with van der Waals surface area (Å²) in [6.45, 7) is 0.224. The minimum atomic E-state index is -4.53. The van der Waals surface area contributed by atoms with Crippen molar-refractivity contribution in [3.05, 3.63) is 64.7 Å². The number of rotatable bonds is 6. The Morgan fingerprint density at radius 2 is 2.00 bits per heavy atom. The first kappa shape index (κ1) is 20.2. The zero-order chi connectivity index (χ0) is 21.3.